The molecular weight excluding hydrogens is 282 g/mol. The molecule has 1 unspecified atom stereocenters. The zero-order valence-corrected chi connectivity index (χ0v) is 14.2. The number of nitrogens with zero attached hydrogens (tertiary/aromatic N) is 2. The average Bonchev–Trinajstić information content (AvgIpc) is 2.61. The van der Waals surface area contributed by atoms with E-state index < -0.39 is 0 Å². The molecule has 2 N–H and O–H groups in total. The van der Waals surface area contributed by atoms with Crippen LogP contribution >= 0.6 is 0 Å². The quantitative estimate of drug-likeness (QED) is 0.626. The zero-order chi connectivity index (χ0) is 16.5. The molecular formula is C20H27N3. The first-order valence-electron chi connectivity index (χ1n) is 8.38. The first-order valence-corrected chi connectivity index (χ1v) is 8.38. The number of hydrogen-bond donors (Lipinski definition) is 1. The second-order valence-corrected chi connectivity index (χ2v) is 5.67. The number of guanidine groups is 1. The summed E-state index contributed by atoms with van der Waals surface area (Å²) >= 11 is 0. The molecule has 0 radical (unpaired) electrons. The lowest BCUT2D eigenvalue weighted by atomic mass is 9.92. The van der Waals surface area contributed by atoms with Crippen LogP contribution in [0.4, 0.5) is 0 Å². The molecule has 122 valence electrons. The topological polar surface area (TPSA) is 41.6 Å². The summed E-state index contributed by atoms with van der Waals surface area (Å²) in [6.07, 6.45) is 0.972. The van der Waals surface area contributed by atoms with Crippen molar-refractivity contribution in [2.24, 2.45) is 10.7 Å². The lowest BCUT2D eigenvalue weighted by molar-refractivity contribution is 0.457. The van der Waals surface area contributed by atoms with E-state index in [4.69, 9.17) is 5.73 Å². The van der Waals surface area contributed by atoms with Crippen molar-refractivity contribution in [1.82, 2.24) is 4.90 Å². The highest BCUT2D eigenvalue weighted by Gasteiger charge is 2.13. The Morgan fingerprint density at radius 1 is 0.957 bits per heavy atom. The van der Waals surface area contributed by atoms with E-state index in [1.165, 1.54) is 11.1 Å². The van der Waals surface area contributed by atoms with E-state index in [0.29, 0.717) is 18.4 Å². The lowest BCUT2D eigenvalue weighted by Gasteiger charge is -2.21. The molecule has 0 bridgehead atoms. The number of nitrogens with two attached hydrogens (primary N) is 1. The molecule has 3 nitrogen and oxygen atoms in total. The van der Waals surface area contributed by atoms with Gasteiger partial charge in [-0.3, -0.25) is 4.99 Å². The Hall–Kier alpha value is -2.29. The molecule has 2 aromatic carbocycles. The van der Waals surface area contributed by atoms with Crippen LogP contribution in [0.25, 0.3) is 0 Å². The Balaban J connectivity index is 2.16. The molecule has 0 aromatic heterocycles. The van der Waals surface area contributed by atoms with Crippen LogP contribution in [0.3, 0.4) is 0 Å². The molecule has 3 heteroatoms. The van der Waals surface area contributed by atoms with Gasteiger partial charge in [-0.15, -0.1) is 0 Å². The van der Waals surface area contributed by atoms with Crippen LogP contribution in [0.15, 0.2) is 65.7 Å². The van der Waals surface area contributed by atoms with Crippen LogP contribution in [-0.4, -0.2) is 30.5 Å². The molecule has 0 saturated carbocycles. The van der Waals surface area contributed by atoms with Crippen molar-refractivity contribution in [3.63, 3.8) is 0 Å². The minimum atomic E-state index is 0.340. The van der Waals surface area contributed by atoms with Gasteiger partial charge in [-0.25, -0.2) is 0 Å². The van der Waals surface area contributed by atoms with Crippen molar-refractivity contribution < 1.29 is 0 Å². The van der Waals surface area contributed by atoms with Gasteiger partial charge in [0, 0.05) is 25.6 Å². The first-order chi connectivity index (χ1) is 11.2. The third kappa shape index (κ3) is 5.13. The van der Waals surface area contributed by atoms with Gasteiger partial charge in [0.15, 0.2) is 5.96 Å². The molecule has 0 aliphatic rings. The summed E-state index contributed by atoms with van der Waals surface area (Å²) in [4.78, 5) is 6.75. The summed E-state index contributed by atoms with van der Waals surface area (Å²) in [6.45, 7) is 6.69. The number of benzene rings is 2. The minimum Gasteiger partial charge on any atom is -0.370 e. The predicted molar refractivity (Wildman–Crippen MR) is 98.7 cm³/mol. The van der Waals surface area contributed by atoms with Crippen LogP contribution in [0, 0.1) is 0 Å². The van der Waals surface area contributed by atoms with Crippen LogP contribution < -0.4 is 5.73 Å². The van der Waals surface area contributed by atoms with Gasteiger partial charge in [0.2, 0.25) is 0 Å². The highest BCUT2D eigenvalue weighted by atomic mass is 15.2. The van der Waals surface area contributed by atoms with Crippen molar-refractivity contribution in [2.45, 2.75) is 26.2 Å². The normalized spacial score (nSPS) is 12.9. The summed E-state index contributed by atoms with van der Waals surface area (Å²) in [5, 5.41) is 0. The van der Waals surface area contributed by atoms with Crippen LogP contribution in [0.2, 0.25) is 0 Å². The van der Waals surface area contributed by atoms with Gasteiger partial charge in [-0.05, 0) is 31.4 Å². The maximum absolute atomic E-state index is 6.13. The maximum atomic E-state index is 6.13. The Morgan fingerprint density at radius 2 is 1.52 bits per heavy atom. The monoisotopic (exact) mass is 309 g/mol. The fourth-order valence-electron chi connectivity index (χ4n) is 2.76. The van der Waals surface area contributed by atoms with Crippen molar-refractivity contribution >= 4 is 5.96 Å². The molecule has 0 spiro atoms. The minimum absolute atomic E-state index is 0.340. The summed E-state index contributed by atoms with van der Waals surface area (Å²) in [5.41, 5.74) is 8.78. The Kier molecular flexibility index (Phi) is 6.67. The van der Waals surface area contributed by atoms with Gasteiger partial charge >= 0.3 is 0 Å². The van der Waals surface area contributed by atoms with E-state index >= 15 is 0 Å². The molecule has 0 heterocycles. The fraction of sp³-hybridized carbons (Fsp3) is 0.350. The highest BCUT2D eigenvalue weighted by molar-refractivity contribution is 5.78. The zero-order valence-electron chi connectivity index (χ0n) is 14.2. The number of aliphatic imine (C=N–C) groups is 1. The third-order valence-corrected chi connectivity index (χ3v) is 4.16. The summed E-state index contributed by atoms with van der Waals surface area (Å²) in [6, 6.07) is 21.2. The lowest BCUT2D eigenvalue weighted by Crippen LogP contribution is -2.37. The molecule has 0 amide bonds. The van der Waals surface area contributed by atoms with Gasteiger partial charge in [-0.1, -0.05) is 60.7 Å². The predicted octanol–water partition coefficient (Wildman–Crippen LogP) is 3.67. The van der Waals surface area contributed by atoms with Crippen LogP contribution in [0.1, 0.15) is 30.9 Å². The molecule has 23 heavy (non-hydrogen) atoms. The second kappa shape index (κ2) is 8.99. The molecule has 0 aliphatic heterocycles. The largest absolute Gasteiger partial charge is 0.370 e. The Bertz CT molecular complexity index is 589. The Labute approximate surface area is 139 Å². The SMILES string of the molecule is CCN(CC)C(N)=NCC(Cc1ccccc1)c1ccccc1. The highest BCUT2D eigenvalue weighted by Crippen LogP contribution is 2.21. The van der Waals surface area contributed by atoms with E-state index in [9.17, 15) is 0 Å². The van der Waals surface area contributed by atoms with Crippen LogP contribution in [0.5, 0.6) is 0 Å². The molecule has 2 rings (SSSR count). The molecule has 1 atom stereocenters. The van der Waals surface area contributed by atoms with E-state index in [2.05, 4.69) is 84.4 Å². The third-order valence-electron chi connectivity index (χ3n) is 4.16. The molecule has 0 fully saturated rings. The van der Waals surface area contributed by atoms with Gasteiger partial charge < -0.3 is 10.6 Å². The number of hydrogen-bond acceptors (Lipinski definition) is 1. The van der Waals surface area contributed by atoms with Crippen molar-refractivity contribution in [1.29, 1.82) is 0 Å². The summed E-state index contributed by atoms with van der Waals surface area (Å²) < 4.78 is 0. The van der Waals surface area contributed by atoms with Crippen molar-refractivity contribution in [3.8, 4) is 0 Å². The second-order valence-electron chi connectivity index (χ2n) is 5.67. The van der Waals surface area contributed by atoms with E-state index in [-0.39, 0.29) is 0 Å². The summed E-state index contributed by atoms with van der Waals surface area (Å²) in [7, 11) is 0. The van der Waals surface area contributed by atoms with Crippen molar-refractivity contribution in [2.75, 3.05) is 19.6 Å². The van der Waals surface area contributed by atoms with E-state index in [0.717, 1.165) is 19.5 Å². The average molecular weight is 309 g/mol. The smallest absolute Gasteiger partial charge is 0.191 e. The standard InChI is InChI=1S/C20H27N3/c1-3-23(4-2)20(21)22-16-19(18-13-9-6-10-14-18)15-17-11-7-5-8-12-17/h5-14,19H,3-4,15-16H2,1-2H3,(H2,21,22). The molecule has 0 aliphatic carbocycles. The van der Waals surface area contributed by atoms with Gasteiger partial charge in [0.25, 0.3) is 0 Å². The Morgan fingerprint density at radius 3 is 2.09 bits per heavy atom. The van der Waals surface area contributed by atoms with Gasteiger partial charge in [0.05, 0.1) is 0 Å². The summed E-state index contributed by atoms with van der Waals surface area (Å²) in [5.74, 6) is 0.983. The first kappa shape index (κ1) is 17.1. The van der Waals surface area contributed by atoms with Gasteiger partial charge in [-0.2, -0.15) is 0 Å². The maximum Gasteiger partial charge on any atom is 0.191 e. The van der Waals surface area contributed by atoms with Gasteiger partial charge in [0.1, 0.15) is 0 Å². The molecule has 0 saturated heterocycles. The van der Waals surface area contributed by atoms with E-state index in [1.807, 2.05) is 0 Å². The van der Waals surface area contributed by atoms with Crippen LogP contribution in [-0.2, 0) is 6.42 Å². The van der Waals surface area contributed by atoms with Crippen molar-refractivity contribution in [3.05, 3.63) is 71.8 Å². The number of rotatable bonds is 7. The molecule has 2 aromatic rings. The fourth-order valence-corrected chi connectivity index (χ4v) is 2.76. The van der Waals surface area contributed by atoms with E-state index in [1.54, 1.807) is 0 Å².